The van der Waals surface area contributed by atoms with Crippen LogP contribution >= 0.6 is 0 Å². The third-order valence-corrected chi connectivity index (χ3v) is 5.00. The Morgan fingerprint density at radius 1 is 1.25 bits per heavy atom. The van der Waals surface area contributed by atoms with E-state index in [-0.39, 0.29) is 11.8 Å². The molecule has 3 rings (SSSR count). The Bertz CT molecular complexity index is 632. The maximum Gasteiger partial charge on any atom is 0.241 e. The van der Waals surface area contributed by atoms with Gasteiger partial charge in [-0.3, -0.25) is 4.79 Å². The highest BCUT2D eigenvalue weighted by Crippen LogP contribution is 2.54. The van der Waals surface area contributed by atoms with E-state index < -0.39 is 5.41 Å². The standard InChI is InChI=1S/C17H19NO2/c1-11-8-14-13-6-4-5-7-15(13)18(3)16(20)17(14,10-19)9-12(11)2/h4-7,10,14H,8-9H2,1-3H3/t14-,17+/m0/s1. The zero-order chi connectivity index (χ0) is 14.5. The molecule has 0 saturated carbocycles. The van der Waals surface area contributed by atoms with Crippen molar-refractivity contribution in [2.24, 2.45) is 5.41 Å². The number of benzene rings is 1. The van der Waals surface area contributed by atoms with Gasteiger partial charge in [0.25, 0.3) is 0 Å². The second-order valence-electron chi connectivity index (χ2n) is 6.08. The number of fused-ring (bicyclic) bond motifs is 3. The molecule has 2 atom stereocenters. The van der Waals surface area contributed by atoms with Crippen LogP contribution in [0.5, 0.6) is 0 Å². The number of anilines is 1. The monoisotopic (exact) mass is 269 g/mol. The maximum atomic E-state index is 12.8. The zero-order valence-electron chi connectivity index (χ0n) is 12.1. The summed E-state index contributed by atoms with van der Waals surface area (Å²) >= 11 is 0. The van der Waals surface area contributed by atoms with Crippen LogP contribution in [0, 0.1) is 5.41 Å². The van der Waals surface area contributed by atoms with Gasteiger partial charge in [-0.05, 0) is 38.3 Å². The van der Waals surface area contributed by atoms with E-state index in [2.05, 4.69) is 13.0 Å². The number of rotatable bonds is 1. The van der Waals surface area contributed by atoms with Gasteiger partial charge >= 0.3 is 0 Å². The van der Waals surface area contributed by atoms with Gasteiger partial charge in [0, 0.05) is 18.7 Å². The van der Waals surface area contributed by atoms with Crippen molar-refractivity contribution in [3.05, 3.63) is 41.0 Å². The van der Waals surface area contributed by atoms with Crippen LogP contribution in [0.1, 0.15) is 38.2 Å². The summed E-state index contributed by atoms with van der Waals surface area (Å²) in [7, 11) is 1.77. The fraction of sp³-hybridized carbons (Fsp3) is 0.412. The fourth-order valence-electron chi connectivity index (χ4n) is 3.67. The molecule has 0 saturated heterocycles. The van der Waals surface area contributed by atoms with Gasteiger partial charge in [0.1, 0.15) is 11.7 Å². The summed E-state index contributed by atoms with van der Waals surface area (Å²) in [6, 6.07) is 7.93. The zero-order valence-corrected chi connectivity index (χ0v) is 12.1. The average molecular weight is 269 g/mol. The lowest BCUT2D eigenvalue weighted by molar-refractivity contribution is -0.136. The van der Waals surface area contributed by atoms with Gasteiger partial charge < -0.3 is 9.69 Å². The van der Waals surface area contributed by atoms with Crippen molar-refractivity contribution in [1.82, 2.24) is 0 Å². The molecule has 0 spiro atoms. The molecule has 1 aliphatic heterocycles. The second-order valence-corrected chi connectivity index (χ2v) is 6.08. The third-order valence-electron chi connectivity index (χ3n) is 5.00. The molecule has 104 valence electrons. The van der Waals surface area contributed by atoms with Crippen LogP contribution < -0.4 is 4.90 Å². The van der Waals surface area contributed by atoms with Gasteiger partial charge in [-0.1, -0.05) is 29.3 Å². The Balaban J connectivity index is 2.26. The van der Waals surface area contributed by atoms with Crippen LogP contribution in [0.3, 0.4) is 0 Å². The molecule has 0 radical (unpaired) electrons. The molecule has 1 aromatic rings. The summed E-state index contributed by atoms with van der Waals surface area (Å²) in [5.41, 5.74) is 3.63. The predicted octanol–water partition coefficient (Wildman–Crippen LogP) is 3.06. The van der Waals surface area contributed by atoms with Crippen LogP contribution in [0.4, 0.5) is 5.69 Å². The van der Waals surface area contributed by atoms with Gasteiger partial charge in [0.15, 0.2) is 0 Å². The highest BCUT2D eigenvalue weighted by Gasteiger charge is 2.53. The molecule has 0 unspecified atom stereocenters. The number of para-hydroxylation sites is 1. The minimum atomic E-state index is -0.910. The Labute approximate surface area is 119 Å². The normalized spacial score (nSPS) is 29.1. The number of carbonyl (C=O) groups excluding carboxylic acids is 2. The minimum absolute atomic E-state index is 0.0244. The first-order valence-electron chi connectivity index (χ1n) is 7.00. The van der Waals surface area contributed by atoms with Crippen LogP contribution in [-0.4, -0.2) is 19.2 Å². The Hall–Kier alpha value is -1.90. The number of aldehydes is 1. The van der Waals surface area contributed by atoms with E-state index in [0.717, 1.165) is 24.0 Å². The third kappa shape index (κ3) is 1.52. The lowest BCUT2D eigenvalue weighted by Gasteiger charge is -2.47. The predicted molar refractivity (Wildman–Crippen MR) is 78.7 cm³/mol. The molecular weight excluding hydrogens is 250 g/mol. The van der Waals surface area contributed by atoms with Crippen molar-refractivity contribution in [2.45, 2.75) is 32.6 Å². The number of carbonyl (C=O) groups is 2. The molecule has 20 heavy (non-hydrogen) atoms. The number of allylic oxidation sites excluding steroid dienone is 2. The topological polar surface area (TPSA) is 37.4 Å². The van der Waals surface area contributed by atoms with Crippen molar-refractivity contribution >= 4 is 17.9 Å². The quantitative estimate of drug-likeness (QED) is 0.446. The molecule has 3 nitrogen and oxygen atoms in total. The van der Waals surface area contributed by atoms with Crippen LogP contribution in [0.15, 0.2) is 35.4 Å². The van der Waals surface area contributed by atoms with E-state index in [4.69, 9.17) is 0 Å². The lowest BCUT2D eigenvalue weighted by atomic mass is 9.60. The number of nitrogens with zero attached hydrogens (tertiary/aromatic N) is 1. The number of hydrogen-bond acceptors (Lipinski definition) is 2. The van der Waals surface area contributed by atoms with E-state index in [9.17, 15) is 9.59 Å². The average Bonchev–Trinajstić information content (AvgIpc) is 2.47. The molecule has 1 aliphatic carbocycles. The van der Waals surface area contributed by atoms with Gasteiger partial charge in [-0.25, -0.2) is 0 Å². The molecule has 1 aromatic carbocycles. The second kappa shape index (κ2) is 4.30. The Morgan fingerprint density at radius 3 is 2.65 bits per heavy atom. The molecule has 0 aromatic heterocycles. The Morgan fingerprint density at radius 2 is 1.95 bits per heavy atom. The lowest BCUT2D eigenvalue weighted by Crippen LogP contribution is -2.52. The van der Waals surface area contributed by atoms with Crippen LogP contribution in [0.25, 0.3) is 0 Å². The molecular formula is C17H19NO2. The first-order valence-corrected chi connectivity index (χ1v) is 7.00. The minimum Gasteiger partial charge on any atom is -0.314 e. The first-order chi connectivity index (χ1) is 9.51. The summed E-state index contributed by atoms with van der Waals surface area (Å²) in [5, 5.41) is 0. The molecule has 0 N–H and O–H groups in total. The first kappa shape index (κ1) is 13.1. The van der Waals surface area contributed by atoms with Crippen molar-refractivity contribution in [3.63, 3.8) is 0 Å². The highest BCUT2D eigenvalue weighted by atomic mass is 16.2. The van der Waals surface area contributed by atoms with E-state index >= 15 is 0 Å². The smallest absolute Gasteiger partial charge is 0.241 e. The molecule has 1 amide bonds. The fourth-order valence-corrected chi connectivity index (χ4v) is 3.67. The van der Waals surface area contributed by atoms with Crippen molar-refractivity contribution in [1.29, 1.82) is 0 Å². The summed E-state index contributed by atoms with van der Waals surface area (Å²) in [4.78, 5) is 26.3. The van der Waals surface area contributed by atoms with E-state index in [1.54, 1.807) is 11.9 Å². The molecule has 0 fully saturated rings. The SMILES string of the molecule is CC1=C(C)C[C@]2(C=O)C(=O)N(C)c3ccccc3[C@@H]2C1. The summed E-state index contributed by atoms with van der Waals surface area (Å²) < 4.78 is 0. The van der Waals surface area contributed by atoms with Gasteiger partial charge in [0.2, 0.25) is 5.91 Å². The summed E-state index contributed by atoms with van der Waals surface area (Å²) in [6.45, 7) is 4.14. The van der Waals surface area contributed by atoms with Crippen LogP contribution in [0.2, 0.25) is 0 Å². The Kier molecular flexibility index (Phi) is 2.82. The summed E-state index contributed by atoms with van der Waals surface area (Å²) in [6.07, 6.45) is 2.23. The number of hydrogen-bond donors (Lipinski definition) is 0. The molecule has 3 heteroatoms. The van der Waals surface area contributed by atoms with E-state index in [1.807, 2.05) is 25.1 Å². The molecule has 2 aliphatic rings. The van der Waals surface area contributed by atoms with Gasteiger partial charge in [0.05, 0.1) is 0 Å². The van der Waals surface area contributed by atoms with Crippen molar-refractivity contribution in [2.75, 3.05) is 11.9 Å². The van der Waals surface area contributed by atoms with Crippen LogP contribution in [-0.2, 0) is 9.59 Å². The molecule has 1 heterocycles. The van der Waals surface area contributed by atoms with Gasteiger partial charge in [-0.2, -0.15) is 0 Å². The highest BCUT2D eigenvalue weighted by molar-refractivity contribution is 6.10. The largest absolute Gasteiger partial charge is 0.314 e. The van der Waals surface area contributed by atoms with E-state index in [1.165, 1.54) is 11.1 Å². The van der Waals surface area contributed by atoms with Crippen molar-refractivity contribution < 1.29 is 9.59 Å². The van der Waals surface area contributed by atoms with E-state index in [0.29, 0.717) is 6.42 Å². The summed E-state index contributed by atoms with van der Waals surface area (Å²) in [5.74, 6) is -0.0911. The van der Waals surface area contributed by atoms with Crippen molar-refractivity contribution in [3.8, 4) is 0 Å². The molecule has 0 bridgehead atoms. The number of amides is 1. The van der Waals surface area contributed by atoms with Gasteiger partial charge in [-0.15, -0.1) is 0 Å². The maximum absolute atomic E-state index is 12.8.